The first-order valence-electron chi connectivity index (χ1n) is 9.14. The fourth-order valence-corrected chi connectivity index (χ4v) is 3.49. The van der Waals surface area contributed by atoms with Crippen molar-refractivity contribution in [3.8, 4) is 0 Å². The van der Waals surface area contributed by atoms with Gasteiger partial charge in [0.2, 0.25) is 5.91 Å². The van der Waals surface area contributed by atoms with E-state index >= 15 is 0 Å². The molecule has 0 saturated carbocycles. The van der Waals surface area contributed by atoms with Gasteiger partial charge in [0.1, 0.15) is 11.6 Å². The van der Waals surface area contributed by atoms with Gasteiger partial charge in [-0.15, -0.1) is 0 Å². The highest BCUT2D eigenvalue weighted by atomic mass is 35.5. The molecule has 1 aliphatic rings. The molecule has 4 rings (SSSR count). The van der Waals surface area contributed by atoms with E-state index in [0.29, 0.717) is 17.3 Å². The number of hydrogen-bond donors (Lipinski definition) is 0. The van der Waals surface area contributed by atoms with Crippen molar-refractivity contribution in [2.24, 2.45) is 5.10 Å². The minimum atomic E-state index is -0.346. The molecular weight excluding hydrogens is 394 g/mol. The molecule has 1 atom stereocenters. The standard InChI is InChI=1S/C23H17ClF2N2O/c24-18-7-1-15(2-8-18)13-22(29)28-14-21(16-3-9-19(25)10-4-16)23(27-28)17-5-11-20(26)12-6-17/h1-12,21H,13-14H2. The molecule has 3 aromatic carbocycles. The lowest BCUT2D eigenvalue weighted by Crippen LogP contribution is -2.27. The van der Waals surface area contributed by atoms with E-state index in [-0.39, 0.29) is 29.9 Å². The highest BCUT2D eigenvalue weighted by Crippen LogP contribution is 2.29. The fraction of sp³-hybridized carbons (Fsp3) is 0.130. The van der Waals surface area contributed by atoms with Gasteiger partial charge < -0.3 is 0 Å². The van der Waals surface area contributed by atoms with E-state index in [1.807, 2.05) is 0 Å². The Morgan fingerprint density at radius 2 is 1.52 bits per heavy atom. The van der Waals surface area contributed by atoms with Crippen LogP contribution in [0.15, 0.2) is 77.9 Å². The minimum Gasteiger partial charge on any atom is -0.273 e. The summed E-state index contributed by atoms with van der Waals surface area (Å²) in [4.78, 5) is 12.8. The lowest BCUT2D eigenvalue weighted by molar-refractivity contribution is -0.130. The number of nitrogens with zero attached hydrogens (tertiary/aromatic N) is 2. The van der Waals surface area contributed by atoms with E-state index in [2.05, 4.69) is 5.10 Å². The average Bonchev–Trinajstić information content (AvgIpc) is 3.16. The minimum absolute atomic E-state index is 0.156. The van der Waals surface area contributed by atoms with Crippen molar-refractivity contribution in [2.75, 3.05) is 6.54 Å². The summed E-state index contributed by atoms with van der Waals surface area (Å²) in [6.45, 7) is 0.338. The molecule has 0 aliphatic carbocycles. The molecule has 1 amide bonds. The zero-order chi connectivity index (χ0) is 20.4. The van der Waals surface area contributed by atoms with E-state index < -0.39 is 0 Å². The molecule has 29 heavy (non-hydrogen) atoms. The van der Waals surface area contributed by atoms with Crippen molar-refractivity contribution in [2.45, 2.75) is 12.3 Å². The Hall–Kier alpha value is -3.05. The van der Waals surface area contributed by atoms with Crippen LogP contribution in [-0.4, -0.2) is 23.2 Å². The van der Waals surface area contributed by atoms with Crippen LogP contribution in [0.2, 0.25) is 5.02 Å². The third-order valence-corrected chi connectivity index (χ3v) is 5.13. The van der Waals surface area contributed by atoms with Gasteiger partial charge in [-0.05, 0) is 53.1 Å². The Kier molecular flexibility index (Phi) is 5.41. The number of benzene rings is 3. The summed E-state index contributed by atoms with van der Waals surface area (Å²) >= 11 is 5.90. The van der Waals surface area contributed by atoms with Crippen molar-refractivity contribution in [1.29, 1.82) is 0 Å². The van der Waals surface area contributed by atoms with Crippen LogP contribution >= 0.6 is 11.6 Å². The first-order chi connectivity index (χ1) is 14.0. The molecule has 6 heteroatoms. The van der Waals surface area contributed by atoms with Crippen LogP contribution in [0.25, 0.3) is 0 Å². The topological polar surface area (TPSA) is 32.7 Å². The summed E-state index contributed by atoms with van der Waals surface area (Å²) < 4.78 is 26.7. The molecule has 0 N–H and O–H groups in total. The smallest absolute Gasteiger partial charge is 0.247 e. The first kappa shape index (κ1) is 19.3. The van der Waals surface area contributed by atoms with Gasteiger partial charge in [0.25, 0.3) is 0 Å². The van der Waals surface area contributed by atoms with Gasteiger partial charge in [0.15, 0.2) is 0 Å². The summed E-state index contributed by atoms with van der Waals surface area (Å²) in [5.41, 5.74) is 3.06. The zero-order valence-corrected chi connectivity index (χ0v) is 16.1. The van der Waals surface area contributed by atoms with Crippen molar-refractivity contribution >= 4 is 23.2 Å². The average molecular weight is 411 g/mol. The second-order valence-corrected chi connectivity index (χ2v) is 7.31. The molecule has 146 valence electrons. The number of carbonyl (C=O) groups is 1. The summed E-state index contributed by atoms with van der Waals surface area (Å²) in [5.74, 6) is -1.06. The van der Waals surface area contributed by atoms with E-state index in [1.54, 1.807) is 48.5 Å². The molecule has 0 saturated heterocycles. The quantitative estimate of drug-likeness (QED) is 0.582. The van der Waals surface area contributed by atoms with Gasteiger partial charge in [0.05, 0.1) is 18.7 Å². The van der Waals surface area contributed by atoms with Gasteiger partial charge in [0, 0.05) is 10.9 Å². The maximum Gasteiger partial charge on any atom is 0.247 e. The molecule has 1 heterocycles. The number of hydrogen-bond acceptors (Lipinski definition) is 2. The van der Waals surface area contributed by atoms with Crippen LogP contribution in [0.3, 0.4) is 0 Å². The Bertz CT molecular complexity index is 1050. The van der Waals surface area contributed by atoms with Gasteiger partial charge >= 0.3 is 0 Å². The molecule has 3 nitrogen and oxygen atoms in total. The third kappa shape index (κ3) is 4.35. The Balaban J connectivity index is 1.63. The lowest BCUT2D eigenvalue weighted by atomic mass is 9.90. The number of halogens is 3. The first-order valence-corrected chi connectivity index (χ1v) is 9.52. The van der Waals surface area contributed by atoms with Crippen molar-refractivity contribution in [3.05, 3.63) is 106 Å². The second-order valence-electron chi connectivity index (χ2n) is 6.88. The summed E-state index contributed by atoms with van der Waals surface area (Å²) in [5, 5.41) is 6.58. The van der Waals surface area contributed by atoms with Crippen LogP contribution in [-0.2, 0) is 11.2 Å². The molecular formula is C23H17ClF2N2O. The number of hydrazone groups is 1. The number of amides is 1. The summed E-state index contributed by atoms with van der Waals surface area (Å²) in [6.07, 6.45) is 0.188. The number of rotatable bonds is 4. The summed E-state index contributed by atoms with van der Waals surface area (Å²) in [7, 11) is 0. The molecule has 0 radical (unpaired) electrons. The van der Waals surface area contributed by atoms with Crippen LogP contribution in [0.1, 0.15) is 22.6 Å². The van der Waals surface area contributed by atoms with Crippen molar-refractivity contribution in [3.63, 3.8) is 0 Å². The Morgan fingerprint density at radius 1 is 0.931 bits per heavy atom. The number of carbonyl (C=O) groups excluding carboxylic acids is 1. The van der Waals surface area contributed by atoms with E-state index in [4.69, 9.17) is 11.6 Å². The van der Waals surface area contributed by atoms with Crippen LogP contribution in [0.4, 0.5) is 8.78 Å². The van der Waals surface area contributed by atoms with Crippen LogP contribution in [0.5, 0.6) is 0 Å². The molecule has 0 spiro atoms. The zero-order valence-electron chi connectivity index (χ0n) is 15.4. The van der Waals surface area contributed by atoms with Gasteiger partial charge in [-0.1, -0.05) is 48.0 Å². The van der Waals surface area contributed by atoms with Gasteiger partial charge in [-0.2, -0.15) is 5.10 Å². The van der Waals surface area contributed by atoms with Crippen molar-refractivity contribution in [1.82, 2.24) is 5.01 Å². The highest BCUT2D eigenvalue weighted by Gasteiger charge is 2.32. The van der Waals surface area contributed by atoms with Crippen LogP contribution < -0.4 is 0 Å². The SMILES string of the molecule is O=C(Cc1ccc(Cl)cc1)N1CC(c2ccc(F)cc2)C(c2ccc(F)cc2)=N1. The highest BCUT2D eigenvalue weighted by molar-refractivity contribution is 6.30. The maximum atomic E-state index is 13.4. The normalized spacial score (nSPS) is 16.0. The monoisotopic (exact) mass is 410 g/mol. The summed E-state index contributed by atoms with van der Waals surface area (Å²) in [6, 6.07) is 19.2. The third-order valence-electron chi connectivity index (χ3n) is 4.88. The van der Waals surface area contributed by atoms with E-state index in [1.165, 1.54) is 29.3 Å². The van der Waals surface area contributed by atoms with Gasteiger partial charge in [-0.25, -0.2) is 13.8 Å². The van der Waals surface area contributed by atoms with Gasteiger partial charge in [-0.3, -0.25) is 4.79 Å². The Morgan fingerprint density at radius 3 is 2.14 bits per heavy atom. The molecule has 0 fully saturated rings. The Labute approximate surface area is 172 Å². The maximum absolute atomic E-state index is 13.4. The molecule has 1 aliphatic heterocycles. The molecule has 0 aromatic heterocycles. The molecule has 3 aromatic rings. The van der Waals surface area contributed by atoms with Crippen LogP contribution in [0, 0.1) is 11.6 Å². The van der Waals surface area contributed by atoms with E-state index in [9.17, 15) is 13.6 Å². The van der Waals surface area contributed by atoms with E-state index in [0.717, 1.165) is 16.7 Å². The fourth-order valence-electron chi connectivity index (χ4n) is 3.36. The molecule has 1 unspecified atom stereocenters. The lowest BCUT2D eigenvalue weighted by Gasteiger charge is -2.15. The predicted octanol–water partition coefficient (Wildman–Crippen LogP) is 5.19. The molecule has 0 bridgehead atoms. The largest absolute Gasteiger partial charge is 0.273 e. The predicted molar refractivity (Wildman–Crippen MR) is 109 cm³/mol. The second kappa shape index (κ2) is 8.13. The van der Waals surface area contributed by atoms with Crippen molar-refractivity contribution < 1.29 is 13.6 Å².